The zero-order chi connectivity index (χ0) is 26.7. The van der Waals surface area contributed by atoms with Crippen LogP contribution in [0.3, 0.4) is 0 Å². The molecular weight excluding hydrogens is 566 g/mol. The average Bonchev–Trinajstić information content (AvgIpc) is 2.83. The van der Waals surface area contributed by atoms with Crippen LogP contribution in [0.4, 0.5) is 11.4 Å². The summed E-state index contributed by atoms with van der Waals surface area (Å²) >= 11 is 25.4. The van der Waals surface area contributed by atoms with E-state index < -0.39 is 23.0 Å². The predicted octanol–water partition coefficient (Wildman–Crippen LogP) is 7.99. The molecule has 3 aromatic rings. The SMILES string of the molecule is Cc1cccc(C)c1NC(=O)C(C)Sc1ccc(NC(=O)c2c(Cl)c(Cl)c(Cl)c(Cl)c2C(=O)O)cc1. The summed E-state index contributed by atoms with van der Waals surface area (Å²) in [6, 6.07) is 12.5. The smallest absolute Gasteiger partial charge is 0.338 e. The lowest BCUT2D eigenvalue weighted by molar-refractivity contribution is -0.115. The number of carboxylic acid groups (broad SMARTS) is 1. The van der Waals surface area contributed by atoms with Crippen LogP contribution in [-0.2, 0) is 4.79 Å². The second kappa shape index (κ2) is 11.8. The monoisotopic (exact) mass is 584 g/mol. The molecule has 0 aliphatic carbocycles. The molecule has 2 amide bonds. The summed E-state index contributed by atoms with van der Waals surface area (Å²) in [6.45, 7) is 5.67. The number of para-hydroxylation sites is 1. The normalized spacial score (nSPS) is 11.6. The number of amides is 2. The van der Waals surface area contributed by atoms with Crippen molar-refractivity contribution in [1.82, 2.24) is 0 Å². The van der Waals surface area contributed by atoms with Crippen LogP contribution in [0.2, 0.25) is 20.1 Å². The van der Waals surface area contributed by atoms with E-state index in [0.29, 0.717) is 5.69 Å². The molecule has 188 valence electrons. The van der Waals surface area contributed by atoms with Gasteiger partial charge in [-0.3, -0.25) is 9.59 Å². The molecule has 0 saturated carbocycles. The highest BCUT2D eigenvalue weighted by Gasteiger charge is 2.29. The largest absolute Gasteiger partial charge is 0.478 e. The van der Waals surface area contributed by atoms with Crippen molar-refractivity contribution in [2.45, 2.75) is 30.9 Å². The van der Waals surface area contributed by atoms with E-state index in [9.17, 15) is 19.5 Å². The third-order valence-electron chi connectivity index (χ3n) is 5.23. The lowest BCUT2D eigenvalue weighted by Crippen LogP contribution is -2.23. The van der Waals surface area contributed by atoms with E-state index in [-0.39, 0.29) is 31.2 Å². The second-order valence-electron chi connectivity index (χ2n) is 7.81. The molecule has 0 heterocycles. The molecule has 11 heteroatoms. The van der Waals surface area contributed by atoms with Gasteiger partial charge in [0, 0.05) is 16.3 Å². The molecular formula is C25H20Cl4N2O4S. The average molecular weight is 586 g/mol. The minimum Gasteiger partial charge on any atom is -0.478 e. The van der Waals surface area contributed by atoms with E-state index in [4.69, 9.17) is 46.4 Å². The molecule has 3 N–H and O–H groups in total. The van der Waals surface area contributed by atoms with Crippen LogP contribution < -0.4 is 10.6 Å². The van der Waals surface area contributed by atoms with Crippen molar-refractivity contribution < 1.29 is 19.5 Å². The lowest BCUT2D eigenvalue weighted by atomic mass is 10.1. The van der Waals surface area contributed by atoms with E-state index in [1.165, 1.54) is 11.8 Å². The van der Waals surface area contributed by atoms with Crippen molar-refractivity contribution in [3.63, 3.8) is 0 Å². The molecule has 1 unspecified atom stereocenters. The first-order valence-electron chi connectivity index (χ1n) is 10.5. The highest BCUT2D eigenvalue weighted by molar-refractivity contribution is 8.00. The zero-order valence-electron chi connectivity index (χ0n) is 19.2. The number of carbonyl (C=O) groups excluding carboxylic acids is 2. The Bertz CT molecular complexity index is 1340. The number of halogens is 4. The van der Waals surface area contributed by atoms with Crippen molar-refractivity contribution in [2.24, 2.45) is 0 Å². The fourth-order valence-corrected chi connectivity index (χ4v) is 5.24. The number of benzene rings is 3. The first-order chi connectivity index (χ1) is 16.9. The fraction of sp³-hybridized carbons (Fsp3) is 0.160. The van der Waals surface area contributed by atoms with E-state index in [1.54, 1.807) is 31.2 Å². The number of hydrogen-bond donors (Lipinski definition) is 3. The van der Waals surface area contributed by atoms with E-state index >= 15 is 0 Å². The van der Waals surface area contributed by atoms with Crippen molar-refractivity contribution in [1.29, 1.82) is 0 Å². The van der Waals surface area contributed by atoms with Crippen LogP contribution in [-0.4, -0.2) is 28.1 Å². The van der Waals surface area contributed by atoms with E-state index in [1.807, 2.05) is 32.0 Å². The highest BCUT2D eigenvalue weighted by Crippen LogP contribution is 2.42. The molecule has 36 heavy (non-hydrogen) atoms. The Morgan fingerprint density at radius 1 is 0.806 bits per heavy atom. The van der Waals surface area contributed by atoms with Gasteiger partial charge in [-0.25, -0.2) is 4.79 Å². The standard InChI is InChI=1S/C25H20Cl4N2O4S/c1-11-5-4-6-12(2)22(11)31-23(32)13(3)36-15-9-7-14(8-10-15)30-24(33)16-17(25(34)35)19(27)21(29)20(28)18(16)26/h4-10,13H,1-3H3,(H,30,33)(H,31,32)(H,34,35). The predicted molar refractivity (Wildman–Crippen MR) is 148 cm³/mol. The number of rotatable bonds is 7. The van der Waals surface area contributed by atoms with Crippen LogP contribution in [0.15, 0.2) is 47.4 Å². The summed E-state index contributed by atoms with van der Waals surface area (Å²) in [5.41, 5.74) is 2.18. The number of carbonyl (C=O) groups is 3. The summed E-state index contributed by atoms with van der Waals surface area (Å²) in [6.07, 6.45) is 0. The molecule has 0 fully saturated rings. The van der Waals surface area contributed by atoms with Gasteiger partial charge < -0.3 is 15.7 Å². The minimum absolute atomic E-state index is 0.137. The van der Waals surface area contributed by atoms with Crippen molar-refractivity contribution >= 4 is 87.3 Å². The van der Waals surface area contributed by atoms with Gasteiger partial charge in [-0.2, -0.15) is 0 Å². The molecule has 0 radical (unpaired) electrons. The molecule has 0 aliphatic heterocycles. The molecule has 3 aromatic carbocycles. The van der Waals surface area contributed by atoms with Crippen LogP contribution >= 0.6 is 58.2 Å². The number of carboxylic acids is 1. The van der Waals surface area contributed by atoms with Crippen molar-refractivity contribution in [2.75, 3.05) is 10.6 Å². The van der Waals surface area contributed by atoms with Gasteiger partial charge in [0.25, 0.3) is 5.91 Å². The summed E-state index contributed by atoms with van der Waals surface area (Å²) in [7, 11) is 0. The van der Waals surface area contributed by atoms with Gasteiger partial charge in [-0.15, -0.1) is 11.8 Å². The number of thioether (sulfide) groups is 1. The summed E-state index contributed by atoms with van der Waals surface area (Å²) in [5.74, 6) is -2.44. The molecule has 6 nitrogen and oxygen atoms in total. The van der Waals surface area contributed by atoms with Gasteiger partial charge in [0.2, 0.25) is 5.91 Å². The van der Waals surface area contributed by atoms with Crippen LogP contribution in [0.25, 0.3) is 0 Å². The first-order valence-corrected chi connectivity index (χ1v) is 12.9. The van der Waals surface area contributed by atoms with Gasteiger partial charge in [0.15, 0.2) is 0 Å². The van der Waals surface area contributed by atoms with E-state index in [0.717, 1.165) is 21.7 Å². The van der Waals surface area contributed by atoms with Crippen LogP contribution in [0, 0.1) is 13.8 Å². The molecule has 0 aliphatic rings. The Labute approximate surface area is 232 Å². The second-order valence-corrected chi connectivity index (χ2v) is 10.7. The maximum atomic E-state index is 12.9. The minimum atomic E-state index is -1.48. The Morgan fingerprint density at radius 3 is 1.86 bits per heavy atom. The third kappa shape index (κ3) is 6.10. The summed E-state index contributed by atoms with van der Waals surface area (Å²) < 4.78 is 0. The van der Waals surface area contributed by atoms with Gasteiger partial charge in [-0.1, -0.05) is 64.6 Å². The van der Waals surface area contributed by atoms with Crippen LogP contribution in [0.5, 0.6) is 0 Å². The summed E-state index contributed by atoms with van der Waals surface area (Å²) in [4.78, 5) is 38.1. The quantitative estimate of drug-likeness (QED) is 0.148. The van der Waals surface area contributed by atoms with Crippen molar-refractivity contribution in [3.05, 3.63) is 84.8 Å². The highest BCUT2D eigenvalue weighted by atomic mass is 35.5. The molecule has 0 spiro atoms. The lowest BCUT2D eigenvalue weighted by Gasteiger charge is -2.16. The maximum absolute atomic E-state index is 12.9. The zero-order valence-corrected chi connectivity index (χ0v) is 23.1. The van der Waals surface area contributed by atoms with E-state index in [2.05, 4.69) is 10.6 Å². The van der Waals surface area contributed by atoms with Crippen molar-refractivity contribution in [3.8, 4) is 0 Å². The molecule has 0 saturated heterocycles. The number of nitrogens with one attached hydrogen (secondary N) is 2. The molecule has 3 rings (SSSR count). The first kappa shape index (κ1) is 28.2. The fourth-order valence-electron chi connectivity index (χ4n) is 3.35. The van der Waals surface area contributed by atoms with Gasteiger partial charge in [-0.05, 0) is 56.2 Å². The van der Waals surface area contributed by atoms with Gasteiger partial charge >= 0.3 is 5.97 Å². The molecule has 0 aromatic heterocycles. The van der Waals surface area contributed by atoms with Gasteiger partial charge in [0.1, 0.15) is 0 Å². The number of aryl methyl sites for hydroxylation is 2. The number of hydrogen-bond acceptors (Lipinski definition) is 4. The van der Waals surface area contributed by atoms with Crippen LogP contribution in [0.1, 0.15) is 38.8 Å². The number of aromatic carboxylic acids is 1. The number of anilines is 2. The third-order valence-corrected chi connectivity index (χ3v) is 8.15. The van der Waals surface area contributed by atoms with Gasteiger partial charge in [0.05, 0.1) is 36.5 Å². The maximum Gasteiger partial charge on any atom is 0.338 e. The Kier molecular flexibility index (Phi) is 9.19. The summed E-state index contributed by atoms with van der Waals surface area (Å²) in [5, 5.41) is 13.5. The Balaban J connectivity index is 1.73. The topological polar surface area (TPSA) is 95.5 Å². The molecule has 0 bridgehead atoms. The molecule has 1 atom stereocenters. The Hall–Kier alpha value is -2.42. The Morgan fingerprint density at radius 2 is 1.33 bits per heavy atom.